The topological polar surface area (TPSA) is 70.2 Å². The van der Waals surface area contributed by atoms with Gasteiger partial charge in [-0.1, -0.05) is 57.5 Å². The van der Waals surface area contributed by atoms with E-state index >= 15 is 0 Å². The lowest BCUT2D eigenvalue weighted by molar-refractivity contribution is -0.119. The number of carbonyl (C=O) groups is 2. The second kappa shape index (κ2) is 10.5. The molecule has 2 atom stereocenters. The van der Waals surface area contributed by atoms with Crippen LogP contribution >= 0.6 is 0 Å². The maximum absolute atomic E-state index is 12.9. The van der Waals surface area contributed by atoms with Crippen molar-refractivity contribution in [1.29, 1.82) is 0 Å². The Labute approximate surface area is 161 Å². The molecule has 0 aliphatic rings. The number of anilines is 1. The van der Waals surface area contributed by atoms with E-state index < -0.39 is 6.04 Å². The third-order valence-electron chi connectivity index (χ3n) is 4.59. The number of nitrogens with one attached hydrogen (secondary N) is 3. The highest BCUT2D eigenvalue weighted by atomic mass is 16.2. The minimum Gasteiger partial charge on any atom is -0.340 e. The van der Waals surface area contributed by atoms with E-state index in [0.29, 0.717) is 5.56 Å². The lowest BCUT2D eigenvalue weighted by Crippen LogP contribution is -2.47. The summed E-state index contributed by atoms with van der Waals surface area (Å²) >= 11 is 0. The molecule has 3 N–H and O–H groups in total. The van der Waals surface area contributed by atoms with Gasteiger partial charge in [0.25, 0.3) is 5.91 Å². The van der Waals surface area contributed by atoms with Gasteiger partial charge in [-0.25, -0.2) is 0 Å². The van der Waals surface area contributed by atoms with Crippen LogP contribution in [0.3, 0.4) is 0 Å². The van der Waals surface area contributed by atoms with Gasteiger partial charge in [0.05, 0.1) is 0 Å². The summed E-state index contributed by atoms with van der Waals surface area (Å²) in [6.45, 7) is 7.67. The summed E-state index contributed by atoms with van der Waals surface area (Å²) in [5.41, 5.74) is 2.38. The van der Waals surface area contributed by atoms with Crippen LogP contribution in [0.4, 0.5) is 5.69 Å². The minimum absolute atomic E-state index is 0.0163. The Morgan fingerprint density at radius 2 is 1.74 bits per heavy atom. The highest BCUT2D eigenvalue weighted by Gasteiger charge is 2.26. The summed E-state index contributed by atoms with van der Waals surface area (Å²) < 4.78 is 0. The number of benzene rings is 2. The Morgan fingerprint density at radius 3 is 2.41 bits per heavy atom. The monoisotopic (exact) mass is 367 g/mol. The van der Waals surface area contributed by atoms with Crippen molar-refractivity contribution in [2.75, 3.05) is 11.9 Å². The number of rotatable bonds is 9. The normalized spacial score (nSPS) is 12.9. The van der Waals surface area contributed by atoms with Gasteiger partial charge in [0.2, 0.25) is 5.91 Å². The van der Waals surface area contributed by atoms with Crippen LogP contribution in [-0.4, -0.2) is 24.4 Å². The van der Waals surface area contributed by atoms with Crippen LogP contribution in [-0.2, 0) is 11.3 Å². The van der Waals surface area contributed by atoms with Crippen molar-refractivity contribution in [1.82, 2.24) is 10.6 Å². The van der Waals surface area contributed by atoms with Crippen molar-refractivity contribution in [2.24, 2.45) is 5.92 Å². The van der Waals surface area contributed by atoms with Crippen LogP contribution in [0.5, 0.6) is 0 Å². The predicted octanol–water partition coefficient (Wildman–Crippen LogP) is 3.58. The average Bonchev–Trinajstić information content (AvgIpc) is 2.70. The molecule has 2 amide bonds. The van der Waals surface area contributed by atoms with Gasteiger partial charge in [0.1, 0.15) is 6.04 Å². The molecule has 2 unspecified atom stereocenters. The summed E-state index contributed by atoms with van der Waals surface area (Å²) in [5.74, 6) is -0.422. The van der Waals surface area contributed by atoms with Gasteiger partial charge in [-0.3, -0.25) is 9.59 Å². The molecule has 0 saturated heterocycles. The first-order valence-corrected chi connectivity index (χ1v) is 9.51. The Bertz CT molecular complexity index is 746. The van der Waals surface area contributed by atoms with E-state index in [0.717, 1.165) is 30.8 Å². The maximum Gasteiger partial charge on any atom is 0.251 e. The molecular formula is C22H29N3O2. The minimum atomic E-state index is -0.597. The van der Waals surface area contributed by atoms with E-state index in [9.17, 15) is 9.59 Å². The molecule has 0 aliphatic carbocycles. The van der Waals surface area contributed by atoms with Crippen LogP contribution in [0.1, 0.15) is 43.1 Å². The van der Waals surface area contributed by atoms with Gasteiger partial charge in [0, 0.05) is 17.8 Å². The zero-order valence-corrected chi connectivity index (χ0v) is 16.3. The van der Waals surface area contributed by atoms with Crippen molar-refractivity contribution < 1.29 is 9.59 Å². The fraction of sp³-hybridized carbons (Fsp3) is 0.364. The van der Waals surface area contributed by atoms with Gasteiger partial charge < -0.3 is 16.0 Å². The van der Waals surface area contributed by atoms with E-state index in [1.165, 1.54) is 0 Å². The Morgan fingerprint density at radius 1 is 1.00 bits per heavy atom. The van der Waals surface area contributed by atoms with E-state index in [2.05, 4.69) is 22.9 Å². The molecule has 2 aromatic rings. The van der Waals surface area contributed by atoms with Crippen LogP contribution in [0.15, 0.2) is 54.6 Å². The van der Waals surface area contributed by atoms with Crippen molar-refractivity contribution >= 4 is 17.5 Å². The summed E-state index contributed by atoms with van der Waals surface area (Å²) in [7, 11) is 0. The molecule has 0 heterocycles. The molecule has 0 fully saturated rings. The third kappa shape index (κ3) is 6.22. The highest BCUT2D eigenvalue weighted by Crippen LogP contribution is 2.15. The molecule has 0 aliphatic heterocycles. The lowest BCUT2D eigenvalue weighted by atomic mass is 9.97. The van der Waals surface area contributed by atoms with Crippen molar-refractivity contribution in [2.45, 2.75) is 39.8 Å². The summed E-state index contributed by atoms with van der Waals surface area (Å²) in [5, 5.41) is 9.11. The number of hydrogen-bond acceptors (Lipinski definition) is 3. The van der Waals surface area contributed by atoms with E-state index in [1.807, 2.05) is 56.3 Å². The Balaban J connectivity index is 2.09. The van der Waals surface area contributed by atoms with Gasteiger partial charge in [-0.05, 0) is 42.3 Å². The van der Waals surface area contributed by atoms with Gasteiger partial charge in [-0.15, -0.1) is 0 Å². The molecule has 0 aromatic heterocycles. The van der Waals surface area contributed by atoms with Gasteiger partial charge >= 0.3 is 0 Å². The van der Waals surface area contributed by atoms with E-state index in [1.54, 1.807) is 12.1 Å². The molecule has 27 heavy (non-hydrogen) atoms. The summed E-state index contributed by atoms with van der Waals surface area (Å²) in [6, 6.07) is 16.1. The molecule has 144 valence electrons. The molecular weight excluding hydrogens is 338 g/mol. The largest absolute Gasteiger partial charge is 0.340 e. The Hall–Kier alpha value is -2.66. The second-order valence-corrected chi connectivity index (χ2v) is 6.67. The average molecular weight is 367 g/mol. The quantitative estimate of drug-likeness (QED) is 0.634. The molecule has 2 rings (SSSR count). The molecule has 0 spiro atoms. The molecule has 0 bridgehead atoms. The van der Waals surface area contributed by atoms with Crippen molar-refractivity contribution in [3.63, 3.8) is 0 Å². The van der Waals surface area contributed by atoms with E-state index in [4.69, 9.17) is 0 Å². The van der Waals surface area contributed by atoms with Crippen LogP contribution in [0.2, 0.25) is 0 Å². The molecule has 5 nitrogen and oxygen atoms in total. The predicted molar refractivity (Wildman–Crippen MR) is 110 cm³/mol. The zero-order chi connectivity index (χ0) is 19.6. The molecule has 0 radical (unpaired) electrons. The van der Waals surface area contributed by atoms with Gasteiger partial charge in [0.15, 0.2) is 0 Å². The molecule has 5 heteroatoms. The number of amides is 2. The van der Waals surface area contributed by atoms with Crippen molar-refractivity contribution in [3.05, 3.63) is 65.7 Å². The highest BCUT2D eigenvalue weighted by molar-refractivity contribution is 6.01. The van der Waals surface area contributed by atoms with Crippen LogP contribution < -0.4 is 16.0 Å². The number of hydrogen-bond donors (Lipinski definition) is 3. The fourth-order valence-corrected chi connectivity index (χ4v) is 2.76. The lowest BCUT2D eigenvalue weighted by Gasteiger charge is -2.23. The van der Waals surface area contributed by atoms with E-state index in [-0.39, 0.29) is 17.7 Å². The summed E-state index contributed by atoms with van der Waals surface area (Å²) in [4.78, 5) is 25.4. The molecule has 0 saturated carbocycles. The first kappa shape index (κ1) is 20.6. The number of carbonyl (C=O) groups excluding carboxylic acids is 2. The Kier molecular flexibility index (Phi) is 8.01. The van der Waals surface area contributed by atoms with Crippen LogP contribution in [0.25, 0.3) is 0 Å². The third-order valence-corrected chi connectivity index (χ3v) is 4.59. The zero-order valence-electron chi connectivity index (χ0n) is 16.3. The smallest absolute Gasteiger partial charge is 0.251 e. The fourth-order valence-electron chi connectivity index (χ4n) is 2.76. The molecule has 2 aromatic carbocycles. The van der Waals surface area contributed by atoms with Gasteiger partial charge in [-0.2, -0.15) is 0 Å². The van der Waals surface area contributed by atoms with Crippen LogP contribution in [0, 0.1) is 5.92 Å². The van der Waals surface area contributed by atoms with Crippen molar-refractivity contribution in [3.8, 4) is 0 Å². The first-order chi connectivity index (χ1) is 13.0. The summed E-state index contributed by atoms with van der Waals surface area (Å²) in [6.07, 6.45) is 0.785. The SMILES string of the molecule is CCNCc1cccc(NC(=O)C(NC(=O)c2ccccc2)C(C)CC)c1. The maximum atomic E-state index is 12.9. The second-order valence-electron chi connectivity index (χ2n) is 6.67. The first-order valence-electron chi connectivity index (χ1n) is 9.51. The standard InChI is InChI=1S/C22H29N3O2/c1-4-16(3)20(25-21(26)18-11-7-6-8-12-18)22(27)24-19-13-9-10-17(14-19)15-23-5-2/h6-14,16,20,23H,4-5,15H2,1-3H3,(H,24,27)(H,25,26).